The average molecular weight is 380 g/mol. The Morgan fingerprint density at radius 1 is 1.21 bits per heavy atom. The summed E-state index contributed by atoms with van der Waals surface area (Å²) in [6.45, 7) is 0.465. The Kier molecular flexibility index (Phi) is 5.21. The number of benzene rings is 2. The van der Waals surface area contributed by atoms with Gasteiger partial charge in [-0.1, -0.05) is 36.4 Å². The zero-order valence-corrected chi connectivity index (χ0v) is 15.3. The lowest BCUT2D eigenvalue weighted by Crippen LogP contribution is -2.41. The number of hydrogen-bond donors (Lipinski definition) is 1. The Balaban J connectivity index is 1.43. The standard InChI is InChI=1S/C22H21FN2O3/c23-18-8-4-3-7-17(18)20-13-24-21(28-20)9-10-22(27)25-12-11-15-5-1-2-6-16(15)19(25)14-26/h1-8,13,19,26H,9-12,14H2/t19-/m0/s1. The second-order valence-corrected chi connectivity index (χ2v) is 6.83. The van der Waals surface area contributed by atoms with Gasteiger partial charge in [0, 0.05) is 19.4 Å². The number of halogens is 1. The number of oxazole rings is 1. The molecule has 0 aliphatic carbocycles. The van der Waals surface area contributed by atoms with Gasteiger partial charge in [-0.25, -0.2) is 9.37 Å². The van der Waals surface area contributed by atoms with Crippen molar-refractivity contribution in [2.45, 2.75) is 25.3 Å². The van der Waals surface area contributed by atoms with Crippen molar-refractivity contribution in [1.82, 2.24) is 9.88 Å². The molecule has 0 bridgehead atoms. The molecule has 0 unspecified atom stereocenters. The van der Waals surface area contributed by atoms with E-state index in [1.54, 1.807) is 23.1 Å². The summed E-state index contributed by atoms with van der Waals surface area (Å²) in [6.07, 6.45) is 2.79. The summed E-state index contributed by atoms with van der Waals surface area (Å²) in [5.74, 6) is 0.309. The second kappa shape index (κ2) is 7.94. The van der Waals surface area contributed by atoms with Crippen molar-refractivity contribution in [1.29, 1.82) is 0 Å². The highest BCUT2D eigenvalue weighted by Crippen LogP contribution is 2.30. The van der Waals surface area contributed by atoms with E-state index in [1.807, 2.05) is 24.3 Å². The average Bonchev–Trinajstić information content (AvgIpc) is 3.20. The minimum absolute atomic E-state index is 0.0563. The van der Waals surface area contributed by atoms with Gasteiger partial charge in [0.1, 0.15) is 5.82 Å². The van der Waals surface area contributed by atoms with E-state index in [2.05, 4.69) is 4.98 Å². The number of rotatable bonds is 5. The zero-order chi connectivity index (χ0) is 19.5. The van der Waals surface area contributed by atoms with E-state index >= 15 is 0 Å². The van der Waals surface area contributed by atoms with Crippen LogP contribution in [0.5, 0.6) is 0 Å². The molecule has 144 valence electrons. The first kappa shape index (κ1) is 18.4. The number of aromatic nitrogens is 1. The lowest BCUT2D eigenvalue weighted by molar-refractivity contribution is -0.135. The molecule has 28 heavy (non-hydrogen) atoms. The van der Waals surface area contributed by atoms with E-state index in [-0.39, 0.29) is 30.8 Å². The molecule has 0 saturated heterocycles. The summed E-state index contributed by atoms with van der Waals surface area (Å²) >= 11 is 0. The van der Waals surface area contributed by atoms with Crippen LogP contribution in [0.25, 0.3) is 11.3 Å². The Bertz CT molecular complexity index is 985. The molecular weight excluding hydrogens is 359 g/mol. The van der Waals surface area contributed by atoms with Gasteiger partial charge < -0.3 is 14.4 Å². The highest BCUT2D eigenvalue weighted by molar-refractivity contribution is 5.77. The van der Waals surface area contributed by atoms with Gasteiger partial charge in [0.2, 0.25) is 5.91 Å². The fraction of sp³-hybridized carbons (Fsp3) is 0.273. The maximum Gasteiger partial charge on any atom is 0.223 e. The molecule has 0 radical (unpaired) electrons. The van der Waals surface area contributed by atoms with E-state index in [9.17, 15) is 14.3 Å². The quantitative estimate of drug-likeness (QED) is 0.735. The summed E-state index contributed by atoms with van der Waals surface area (Å²) < 4.78 is 19.5. The van der Waals surface area contributed by atoms with E-state index < -0.39 is 0 Å². The Hall–Kier alpha value is -2.99. The number of aliphatic hydroxyl groups is 1. The molecule has 0 spiro atoms. The van der Waals surface area contributed by atoms with Crippen molar-refractivity contribution in [3.63, 3.8) is 0 Å². The molecule has 1 amide bonds. The second-order valence-electron chi connectivity index (χ2n) is 6.83. The number of amides is 1. The first-order valence-electron chi connectivity index (χ1n) is 9.35. The Labute approximate surface area is 162 Å². The fourth-order valence-corrected chi connectivity index (χ4v) is 3.72. The third-order valence-corrected chi connectivity index (χ3v) is 5.15. The van der Waals surface area contributed by atoms with Crippen LogP contribution in [-0.2, 0) is 17.6 Å². The predicted octanol–water partition coefficient (Wildman–Crippen LogP) is 3.53. The van der Waals surface area contributed by atoms with Gasteiger partial charge in [0.15, 0.2) is 11.7 Å². The van der Waals surface area contributed by atoms with E-state index in [0.717, 1.165) is 12.0 Å². The number of aliphatic hydroxyl groups excluding tert-OH is 1. The molecule has 6 heteroatoms. The third-order valence-electron chi connectivity index (χ3n) is 5.15. The first-order valence-corrected chi connectivity index (χ1v) is 9.35. The highest BCUT2D eigenvalue weighted by Gasteiger charge is 2.29. The number of carbonyl (C=O) groups is 1. The van der Waals surface area contributed by atoms with Crippen LogP contribution in [0.15, 0.2) is 59.1 Å². The lowest BCUT2D eigenvalue weighted by atomic mass is 9.92. The van der Waals surface area contributed by atoms with Crippen LogP contribution in [0.1, 0.15) is 29.5 Å². The van der Waals surface area contributed by atoms with Gasteiger partial charge in [-0.3, -0.25) is 4.79 Å². The van der Waals surface area contributed by atoms with Crippen molar-refractivity contribution in [3.8, 4) is 11.3 Å². The summed E-state index contributed by atoms with van der Waals surface area (Å²) in [5.41, 5.74) is 2.52. The maximum absolute atomic E-state index is 13.9. The molecule has 1 aromatic heterocycles. The SMILES string of the molecule is O=C(CCc1ncc(-c2ccccc2F)o1)N1CCc2ccccc2[C@@H]1CO. The molecule has 5 nitrogen and oxygen atoms in total. The Morgan fingerprint density at radius 3 is 2.82 bits per heavy atom. The normalized spacial score (nSPS) is 16.1. The van der Waals surface area contributed by atoms with E-state index in [1.165, 1.54) is 17.8 Å². The van der Waals surface area contributed by atoms with Crippen LogP contribution in [0, 0.1) is 5.82 Å². The largest absolute Gasteiger partial charge is 0.441 e. The van der Waals surface area contributed by atoms with Crippen LogP contribution in [0.2, 0.25) is 0 Å². The topological polar surface area (TPSA) is 66.6 Å². The summed E-state index contributed by atoms with van der Waals surface area (Å²) in [6, 6.07) is 13.9. The van der Waals surface area contributed by atoms with Crippen LogP contribution in [-0.4, -0.2) is 34.0 Å². The van der Waals surface area contributed by atoms with Gasteiger partial charge in [0.05, 0.1) is 24.4 Å². The van der Waals surface area contributed by atoms with Gasteiger partial charge in [-0.15, -0.1) is 0 Å². The summed E-state index contributed by atoms with van der Waals surface area (Å²) in [4.78, 5) is 18.7. The monoisotopic (exact) mass is 380 g/mol. The molecule has 1 aliphatic rings. The number of hydrogen-bond acceptors (Lipinski definition) is 4. The summed E-state index contributed by atoms with van der Waals surface area (Å²) in [5, 5.41) is 9.84. The predicted molar refractivity (Wildman–Crippen MR) is 102 cm³/mol. The van der Waals surface area contributed by atoms with Crippen molar-refractivity contribution in [2.24, 2.45) is 0 Å². The van der Waals surface area contributed by atoms with Gasteiger partial charge in [-0.2, -0.15) is 0 Å². The molecule has 1 aliphatic heterocycles. The van der Waals surface area contributed by atoms with Crippen molar-refractivity contribution < 1.29 is 18.7 Å². The van der Waals surface area contributed by atoms with Gasteiger partial charge in [-0.05, 0) is 29.7 Å². The van der Waals surface area contributed by atoms with Crippen LogP contribution >= 0.6 is 0 Å². The van der Waals surface area contributed by atoms with Crippen LogP contribution in [0.4, 0.5) is 4.39 Å². The van der Waals surface area contributed by atoms with Crippen LogP contribution in [0.3, 0.4) is 0 Å². The molecule has 0 fully saturated rings. The third kappa shape index (κ3) is 3.55. The molecule has 0 saturated carbocycles. The minimum atomic E-state index is -0.376. The number of carbonyl (C=O) groups excluding carboxylic acids is 1. The smallest absolute Gasteiger partial charge is 0.223 e. The molecule has 1 atom stereocenters. The van der Waals surface area contributed by atoms with E-state index in [0.29, 0.717) is 30.2 Å². The molecule has 2 aromatic carbocycles. The van der Waals surface area contributed by atoms with Crippen molar-refractivity contribution in [3.05, 3.63) is 77.6 Å². The molecule has 3 aromatic rings. The van der Waals surface area contributed by atoms with Gasteiger partial charge >= 0.3 is 0 Å². The van der Waals surface area contributed by atoms with Crippen molar-refractivity contribution >= 4 is 5.91 Å². The molecule has 1 N–H and O–H groups in total. The van der Waals surface area contributed by atoms with Crippen LogP contribution < -0.4 is 0 Å². The fourth-order valence-electron chi connectivity index (χ4n) is 3.72. The lowest BCUT2D eigenvalue weighted by Gasteiger charge is -2.36. The zero-order valence-electron chi connectivity index (χ0n) is 15.3. The molecular formula is C22H21FN2O3. The molecule has 2 heterocycles. The highest BCUT2D eigenvalue weighted by atomic mass is 19.1. The first-order chi connectivity index (χ1) is 13.7. The number of nitrogens with zero attached hydrogens (tertiary/aromatic N) is 2. The number of fused-ring (bicyclic) bond motifs is 1. The van der Waals surface area contributed by atoms with Crippen molar-refractivity contribution in [2.75, 3.05) is 13.2 Å². The Morgan fingerprint density at radius 2 is 2.00 bits per heavy atom. The summed E-state index contributed by atoms with van der Waals surface area (Å²) in [7, 11) is 0. The number of aryl methyl sites for hydroxylation is 1. The minimum Gasteiger partial charge on any atom is -0.441 e. The van der Waals surface area contributed by atoms with E-state index in [4.69, 9.17) is 4.42 Å². The maximum atomic E-state index is 13.9. The van der Waals surface area contributed by atoms with Gasteiger partial charge in [0.25, 0.3) is 0 Å². The molecule has 4 rings (SSSR count).